The topological polar surface area (TPSA) is 33.6 Å². The maximum absolute atomic E-state index is 10.0. The molecule has 0 saturated carbocycles. The van der Waals surface area contributed by atoms with E-state index < -0.39 is 0 Å². The highest BCUT2D eigenvalue weighted by Crippen LogP contribution is 2.37. The highest BCUT2D eigenvalue weighted by Gasteiger charge is 2.19. The number of hydrogen-bond acceptors (Lipinski definition) is 1. The molecule has 0 unspecified atom stereocenters. The number of benzene rings is 5. The van der Waals surface area contributed by atoms with E-state index in [1.165, 1.54) is 32.9 Å². The number of aryl methyl sites for hydroxylation is 1. The molecule has 1 aliphatic carbocycles. The van der Waals surface area contributed by atoms with Gasteiger partial charge >= 0.3 is 0 Å². The lowest BCUT2D eigenvalue weighted by Crippen LogP contribution is -2.00. The monoisotopic (exact) mass is 511 g/mol. The van der Waals surface area contributed by atoms with E-state index in [9.17, 15) is 5.26 Å². The van der Waals surface area contributed by atoms with Crippen LogP contribution < -0.4 is 0 Å². The Morgan fingerprint density at radius 1 is 0.575 bits per heavy atom. The van der Waals surface area contributed by atoms with Gasteiger partial charge in [0.1, 0.15) is 0 Å². The van der Waals surface area contributed by atoms with Crippen molar-refractivity contribution in [1.82, 2.24) is 9.13 Å². The molecule has 0 amide bonds. The normalized spacial score (nSPS) is 12.7. The van der Waals surface area contributed by atoms with Crippen LogP contribution in [0.5, 0.6) is 0 Å². The third kappa shape index (κ3) is 3.37. The van der Waals surface area contributed by atoms with Crippen molar-refractivity contribution in [3.8, 4) is 28.6 Å². The Hall–Kier alpha value is -5.33. The van der Waals surface area contributed by atoms with E-state index in [-0.39, 0.29) is 0 Å². The number of rotatable bonds is 3. The van der Waals surface area contributed by atoms with Crippen molar-refractivity contribution in [1.29, 1.82) is 5.26 Å². The van der Waals surface area contributed by atoms with Gasteiger partial charge in [0.2, 0.25) is 0 Å². The van der Waals surface area contributed by atoms with Crippen LogP contribution in [0.15, 0.2) is 121 Å². The van der Waals surface area contributed by atoms with E-state index >= 15 is 0 Å². The molecule has 8 rings (SSSR count). The van der Waals surface area contributed by atoms with E-state index in [0.717, 1.165) is 46.4 Å². The van der Waals surface area contributed by atoms with Crippen LogP contribution in [0.1, 0.15) is 23.2 Å². The minimum Gasteiger partial charge on any atom is -0.310 e. The minimum absolute atomic E-state index is 0.645. The molecule has 0 spiro atoms. The predicted molar refractivity (Wildman–Crippen MR) is 165 cm³/mol. The number of aromatic nitrogens is 2. The van der Waals surface area contributed by atoms with Gasteiger partial charge in [0.25, 0.3) is 0 Å². The average Bonchev–Trinajstić information content (AvgIpc) is 3.54. The fraction of sp³-hybridized carbons (Fsp3) is 0.0541. The van der Waals surface area contributed by atoms with E-state index in [1.54, 1.807) is 0 Å². The van der Waals surface area contributed by atoms with Crippen LogP contribution in [-0.4, -0.2) is 9.13 Å². The summed E-state index contributed by atoms with van der Waals surface area (Å²) in [4.78, 5) is 0. The third-order valence-electron chi connectivity index (χ3n) is 8.18. The van der Waals surface area contributed by atoms with Crippen LogP contribution in [0.3, 0.4) is 0 Å². The first-order valence-corrected chi connectivity index (χ1v) is 13.7. The Morgan fingerprint density at radius 3 is 1.95 bits per heavy atom. The van der Waals surface area contributed by atoms with Crippen molar-refractivity contribution in [2.75, 3.05) is 0 Å². The molecule has 5 aromatic carbocycles. The van der Waals surface area contributed by atoms with Gasteiger partial charge in [-0.3, -0.25) is 0 Å². The highest BCUT2D eigenvalue weighted by atomic mass is 15.0. The molecule has 3 nitrogen and oxygen atoms in total. The van der Waals surface area contributed by atoms with Crippen LogP contribution in [-0.2, 0) is 6.42 Å². The van der Waals surface area contributed by atoms with Gasteiger partial charge in [-0.05, 0) is 84.1 Å². The summed E-state index contributed by atoms with van der Waals surface area (Å²) in [7, 11) is 0. The van der Waals surface area contributed by atoms with Gasteiger partial charge in [-0.25, -0.2) is 0 Å². The second-order valence-corrected chi connectivity index (χ2v) is 10.5. The number of hydrogen-bond donors (Lipinski definition) is 0. The molecule has 0 bridgehead atoms. The summed E-state index contributed by atoms with van der Waals surface area (Å²) in [6, 6.07) is 43.0. The SMILES string of the molecule is N#Cc1cc(-c2cccc(-n3c4c(c5ccccc53)CCC=C4)c2)cc(-n2c3ccccc3c3ccccc32)c1. The van der Waals surface area contributed by atoms with Crippen molar-refractivity contribution in [2.45, 2.75) is 12.8 Å². The third-order valence-corrected chi connectivity index (χ3v) is 8.18. The summed E-state index contributed by atoms with van der Waals surface area (Å²) in [6.07, 6.45) is 6.68. The highest BCUT2D eigenvalue weighted by molar-refractivity contribution is 6.09. The number of para-hydroxylation sites is 3. The van der Waals surface area contributed by atoms with Gasteiger partial charge in [-0.15, -0.1) is 0 Å². The molecular formula is C37H25N3. The van der Waals surface area contributed by atoms with Crippen LogP contribution in [0.2, 0.25) is 0 Å². The van der Waals surface area contributed by atoms with Crippen LogP contribution in [0, 0.1) is 11.3 Å². The molecule has 0 atom stereocenters. The van der Waals surface area contributed by atoms with Gasteiger partial charge in [0.15, 0.2) is 0 Å². The van der Waals surface area contributed by atoms with E-state index in [1.807, 2.05) is 12.1 Å². The van der Waals surface area contributed by atoms with Crippen LogP contribution in [0.25, 0.3) is 61.3 Å². The Bertz CT molecular complexity index is 2130. The molecule has 0 radical (unpaired) electrons. The summed E-state index contributed by atoms with van der Waals surface area (Å²) in [6.45, 7) is 0. The molecule has 0 fully saturated rings. The van der Waals surface area contributed by atoms with Gasteiger partial charge in [-0.1, -0.05) is 72.8 Å². The second-order valence-electron chi connectivity index (χ2n) is 10.5. The van der Waals surface area contributed by atoms with E-state index in [2.05, 4.69) is 130 Å². The van der Waals surface area contributed by atoms with Crippen molar-refractivity contribution in [3.05, 3.63) is 138 Å². The number of allylic oxidation sites excluding steroid dienone is 1. The summed E-state index contributed by atoms with van der Waals surface area (Å²) in [5.74, 6) is 0. The molecule has 188 valence electrons. The number of nitrogens with zero attached hydrogens (tertiary/aromatic N) is 3. The maximum Gasteiger partial charge on any atom is 0.0992 e. The summed E-state index contributed by atoms with van der Waals surface area (Å²) >= 11 is 0. The van der Waals surface area contributed by atoms with Crippen molar-refractivity contribution in [3.63, 3.8) is 0 Å². The van der Waals surface area contributed by atoms with E-state index in [4.69, 9.17) is 0 Å². The standard InChI is InChI=1S/C37H25N3/c38-24-25-20-27(23-29(21-25)40-36-18-7-3-14-32(36)33-15-4-8-19-37(33)40)26-10-9-11-28(22-26)39-34-16-5-1-12-30(34)31-13-2-6-17-35(31)39/h1,3-12,14-23H,2,13H2. The number of nitriles is 1. The van der Waals surface area contributed by atoms with Gasteiger partial charge < -0.3 is 9.13 Å². The van der Waals surface area contributed by atoms with Crippen molar-refractivity contribution >= 4 is 38.8 Å². The molecule has 1 aliphatic rings. The Kier molecular flexibility index (Phi) is 5.02. The smallest absolute Gasteiger partial charge is 0.0992 e. The molecule has 0 aliphatic heterocycles. The molecule has 0 N–H and O–H groups in total. The molecular weight excluding hydrogens is 486 g/mol. The van der Waals surface area contributed by atoms with Gasteiger partial charge in [-0.2, -0.15) is 5.26 Å². The first-order chi connectivity index (χ1) is 19.8. The van der Waals surface area contributed by atoms with Crippen LogP contribution >= 0.6 is 0 Å². The van der Waals surface area contributed by atoms with Crippen molar-refractivity contribution in [2.24, 2.45) is 0 Å². The van der Waals surface area contributed by atoms with E-state index in [0.29, 0.717) is 5.56 Å². The lowest BCUT2D eigenvalue weighted by molar-refractivity contribution is 0.968. The number of fused-ring (bicyclic) bond motifs is 6. The summed E-state index contributed by atoms with van der Waals surface area (Å²) in [5, 5.41) is 13.8. The minimum atomic E-state index is 0.645. The predicted octanol–water partition coefficient (Wildman–Crippen LogP) is 9.23. The average molecular weight is 512 g/mol. The molecule has 40 heavy (non-hydrogen) atoms. The molecule has 0 saturated heterocycles. The Balaban J connectivity index is 1.34. The second kappa shape index (κ2) is 8.86. The fourth-order valence-electron chi connectivity index (χ4n) is 6.46. The van der Waals surface area contributed by atoms with Crippen LogP contribution in [0.4, 0.5) is 0 Å². The molecule has 7 aromatic rings. The zero-order valence-corrected chi connectivity index (χ0v) is 21.9. The zero-order valence-electron chi connectivity index (χ0n) is 21.9. The molecule has 2 aromatic heterocycles. The first-order valence-electron chi connectivity index (χ1n) is 13.7. The quantitative estimate of drug-likeness (QED) is 0.233. The molecule has 2 heterocycles. The van der Waals surface area contributed by atoms with Gasteiger partial charge in [0, 0.05) is 33.2 Å². The lowest BCUT2D eigenvalue weighted by Gasteiger charge is -2.15. The summed E-state index contributed by atoms with van der Waals surface area (Å²) in [5.41, 5.74) is 11.1. The fourth-order valence-corrected chi connectivity index (χ4v) is 6.46. The first kappa shape index (κ1) is 22.6. The van der Waals surface area contributed by atoms with Crippen molar-refractivity contribution < 1.29 is 0 Å². The Morgan fingerprint density at radius 2 is 1.23 bits per heavy atom. The van der Waals surface area contributed by atoms with Gasteiger partial charge in [0.05, 0.1) is 28.2 Å². The zero-order chi connectivity index (χ0) is 26.6. The lowest BCUT2D eigenvalue weighted by atomic mass is 10.0. The summed E-state index contributed by atoms with van der Waals surface area (Å²) < 4.78 is 4.66. The largest absolute Gasteiger partial charge is 0.310 e. The maximum atomic E-state index is 10.0. The molecule has 3 heteroatoms. The Labute approximate surface area is 232 Å².